The first-order valence-electron chi connectivity index (χ1n) is 10.5. The minimum atomic E-state index is -4.16. The summed E-state index contributed by atoms with van der Waals surface area (Å²) in [6, 6.07) is 0. The van der Waals surface area contributed by atoms with Crippen LogP contribution in [0.5, 0.6) is 0 Å². The molecule has 0 saturated carbocycles. The zero-order valence-electron chi connectivity index (χ0n) is 17.5. The first-order valence-corrected chi connectivity index (χ1v) is 12.0. The van der Waals surface area contributed by atoms with Crippen molar-refractivity contribution in [2.75, 3.05) is 0 Å². The Morgan fingerprint density at radius 3 is 1.54 bits per heavy atom. The molecule has 0 heterocycles. The second-order valence-corrected chi connectivity index (χ2v) is 9.11. The minimum Gasteiger partial charge on any atom is -0.748 e. The zero-order valence-corrected chi connectivity index (χ0v) is 21.5. The van der Waals surface area contributed by atoms with Crippen molar-refractivity contribution in [3.8, 4) is 0 Å². The minimum absolute atomic E-state index is 0. The molecule has 0 aliphatic heterocycles. The molecule has 26 heavy (non-hydrogen) atoms. The molecule has 0 aromatic carbocycles. The first-order chi connectivity index (χ1) is 11.9. The molecule has 0 aliphatic carbocycles. The summed E-state index contributed by atoms with van der Waals surface area (Å²) >= 11 is 0. The summed E-state index contributed by atoms with van der Waals surface area (Å²) in [6.07, 6.45) is 15.2. The summed E-state index contributed by atoms with van der Waals surface area (Å²) < 4.78 is 34.2. The van der Waals surface area contributed by atoms with Crippen molar-refractivity contribution in [3.63, 3.8) is 0 Å². The van der Waals surface area contributed by atoms with E-state index in [1.807, 2.05) is 0 Å². The fourth-order valence-electron chi connectivity index (χ4n) is 3.27. The van der Waals surface area contributed by atoms with Crippen LogP contribution in [0.25, 0.3) is 0 Å². The van der Waals surface area contributed by atoms with Crippen LogP contribution in [0.3, 0.4) is 0 Å². The molecule has 4 nitrogen and oxygen atoms in total. The largest absolute Gasteiger partial charge is 1.00 e. The van der Waals surface area contributed by atoms with Crippen LogP contribution in [-0.4, -0.2) is 29.4 Å². The fraction of sp³-hybridized carbons (Fsp3) is 1.00. The van der Waals surface area contributed by atoms with Crippen molar-refractivity contribution >= 4 is 10.1 Å². The molecule has 6 heteroatoms. The van der Waals surface area contributed by atoms with Crippen LogP contribution >= 0.6 is 0 Å². The van der Waals surface area contributed by atoms with Gasteiger partial charge >= 0.3 is 51.4 Å². The smallest absolute Gasteiger partial charge is 0.748 e. The average molecular weight is 417 g/mol. The predicted octanol–water partition coefficient (Wildman–Crippen LogP) is 2.55. The Balaban J connectivity index is 0. The maximum atomic E-state index is 11.4. The van der Waals surface area contributed by atoms with Crippen molar-refractivity contribution in [1.29, 1.82) is 0 Å². The van der Waals surface area contributed by atoms with E-state index in [4.69, 9.17) is 0 Å². The topological polar surface area (TPSA) is 77.4 Å². The molecule has 0 bridgehead atoms. The predicted molar refractivity (Wildman–Crippen MR) is 105 cm³/mol. The second kappa shape index (κ2) is 19.8. The Hall–Kier alpha value is 1.51. The Bertz CT molecular complexity index is 387. The van der Waals surface area contributed by atoms with Gasteiger partial charge in [0.25, 0.3) is 0 Å². The quantitative estimate of drug-likeness (QED) is 0.212. The molecule has 0 saturated heterocycles. The third kappa shape index (κ3) is 18.9. The van der Waals surface area contributed by atoms with E-state index in [0.717, 1.165) is 77.0 Å². The van der Waals surface area contributed by atoms with Gasteiger partial charge in [0.2, 0.25) is 0 Å². The van der Waals surface area contributed by atoms with Gasteiger partial charge in [-0.1, -0.05) is 90.9 Å². The molecule has 0 aromatic heterocycles. The number of aliphatic hydroxyl groups excluding tert-OH is 1. The Morgan fingerprint density at radius 1 is 0.692 bits per heavy atom. The van der Waals surface area contributed by atoms with Crippen LogP contribution in [0.4, 0.5) is 0 Å². The molecule has 0 aromatic rings. The van der Waals surface area contributed by atoms with Crippen LogP contribution in [0.15, 0.2) is 0 Å². The van der Waals surface area contributed by atoms with Gasteiger partial charge in [0, 0.05) is 5.25 Å². The van der Waals surface area contributed by atoms with E-state index >= 15 is 0 Å². The number of aliphatic hydroxyl groups is 1. The van der Waals surface area contributed by atoms with E-state index in [-0.39, 0.29) is 57.5 Å². The summed E-state index contributed by atoms with van der Waals surface area (Å²) in [5.74, 6) is 0. The van der Waals surface area contributed by atoms with Gasteiger partial charge in [0.15, 0.2) is 0 Å². The molecule has 1 N–H and O–H groups in total. The maximum Gasteiger partial charge on any atom is 1.00 e. The van der Waals surface area contributed by atoms with Crippen molar-refractivity contribution in [1.82, 2.24) is 0 Å². The fourth-order valence-corrected chi connectivity index (χ4v) is 4.19. The van der Waals surface area contributed by atoms with Gasteiger partial charge in [-0.2, -0.15) is 0 Å². The van der Waals surface area contributed by atoms with Gasteiger partial charge in [0.05, 0.1) is 16.2 Å². The summed E-state index contributed by atoms with van der Waals surface area (Å²) in [6.45, 7) is 4.28. The third-order valence-electron chi connectivity index (χ3n) is 4.99. The van der Waals surface area contributed by atoms with Crippen LogP contribution < -0.4 is 51.4 Å². The van der Waals surface area contributed by atoms with Gasteiger partial charge < -0.3 is 9.66 Å². The number of rotatable bonds is 18. The normalized spacial score (nSPS) is 14.0. The average Bonchev–Trinajstić information content (AvgIpc) is 2.55. The van der Waals surface area contributed by atoms with E-state index in [1.165, 1.54) is 12.8 Å². The molecular formula is C20H41KO4S. The summed E-state index contributed by atoms with van der Waals surface area (Å²) in [5, 5.41) is 9.09. The van der Waals surface area contributed by atoms with Crippen molar-refractivity contribution in [3.05, 3.63) is 0 Å². The van der Waals surface area contributed by atoms with Crippen LogP contribution in [0.2, 0.25) is 0 Å². The van der Waals surface area contributed by atoms with Gasteiger partial charge in [-0.25, -0.2) is 8.42 Å². The number of hydrogen-bond acceptors (Lipinski definition) is 4. The summed E-state index contributed by atoms with van der Waals surface area (Å²) in [7, 11) is -4.16. The second-order valence-electron chi connectivity index (χ2n) is 7.46. The monoisotopic (exact) mass is 416 g/mol. The van der Waals surface area contributed by atoms with Gasteiger partial charge in [-0.15, -0.1) is 0 Å². The van der Waals surface area contributed by atoms with E-state index in [1.54, 1.807) is 0 Å². The van der Waals surface area contributed by atoms with E-state index in [2.05, 4.69) is 13.8 Å². The first kappa shape index (κ1) is 29.7. The molecule has 152 valence electrons. The standard InChI is InChI=1S/C20H42O4S.K/c1-3-5-7-9-13-17-20(25(22,23)24)18-14-11-8-10-12-16-19(21)15-6-4-2;/h19-21H,3-18H2,1-2H3,(H,22,23,24);/q;+1/p-1. The van der Waals surface area contributed by atoms with Crippen LogP contribution in [0, 0.1) is 0 Å². The van der Waals surface area contributed by atoms with Crippen molar-refractivity contribution in [2.24, 2.45) is 0 Å². The Labute approximate surface area is 205 Å². The number of hydrogen-bond donors (Lipinski definition) is 1. The molecule has 0 aliphatic rings. The van der Waals surface area contributed by atoms with Crippen molar-refractivity contribution < 1.29 is 69.5 Å². The van der Waals surface area contributed by atoms with Gasteiger partial charge in [-0.3, -0.25) is 0 Å². The molecule has 2 unspecified atom stereocenters. The van der Waals surface area contributed by atoms with E-state index in [9.17, 15) is 18.1 Å². The Kier molecular flexibility index (Phi) is 22.6. The van der Waals surface area contributed by atoms with Gasteiger partial charge in [-0.05, 0) is 25.7 Å². The Morgan fingerprint density at radius 2 is 1.08 bits per heavy atom. The van der Waals surface area contributed by atoms with Crippen LogP contribution in [-0.2, 0) is 10.1 Å². The molecule has 0 radical (unpaired) electrons. The molecule has 0 fully saturated rings. The van der Waals surface area contributed by atoms with Crippen LogP contribution in [0.1, 0.15) is 117 Å². The number of unbranched alkanes of at least 4 members (excludes halogenated alkanes) is 9. The molecule has 2 atom stereocenters. The third-order valence-corrected chi connectivity index (χ3v) is 6.28. The van der Waals surface area contributed by atoms with Gasteiger partial charge in [0.1, 0.15) is 0 Å². The van der Waals surface area contributed by atoms with E-state index < -0.39 is 15.4 Å². The molecular weight excluding hydrogens is 375 g/mol. The van der Waals surface area contributed by atoms with E-state index in [0.29, 0.717) is 12.8 Å². The summed E-state index contributed by atoms with van der Waals surface area (Å²) in [4.78, 5) is 0. The summed E-state index contributed by atoms with van der Waals surface area (Å²) in [5.41, 5.74) is 0. The molecule has 0 rings (SSSR count). The molecule has 0 amide bonds. The molecule has 0 spiro atoms. The van der Waals surface area contributed by atoms with Crippen molar-refractivity contribution in [2.45, 2.75) is 128 Å². The zero-order chi connectivity index (χ0) is 19.0. The SMILES string of the molecule is CCCCCCCC(CCCCCCCC(O)CCCC)S(=O)(=O)[O-].[K+]. The maximum absolute atomic E-state index is 11.4.